The molecular formula is C13H12BCl3N2O. The molecule has 7 heteroatoms. The van der Waals surface area contributed by atoms with Crippen molar-refractivity contribution in [3.8, 4) is 0 Å². The van der Waals surface area contributed by atoms with E-state index in [0.717, 1.165) is 11.0 Å². The highest BCUT2D eigenvalue weighted by atomic mass is 35.6. The Morgan fingerprint density at radius 2 is 1.90 bits per heavy atom. The van der Waals surface area contributed by atoms with Crippen molar-refractivity contribution >= 4 is 53.0 Å². The van der Waals surface area contributed by atoms with Gasteiger partial charge in [0.05, 0.1) is 0 Å². The zero-order valence-corrected chi connectivity index (χ0v) is 12.7. The SMILES string of the molecule is N=C(OCc1ccc(B2C=CC=CN2)cc1)C(Cl)(Cl)Cl. The summed E-state index contributed by atoms with van der Waals surface area (Å²) in [6.45, 7) is 0.371. The summed E-state index contributed by atoms with van der Waals surface area (Å²) in [5.41, 5.74) is 2.05. The molecule has 0 atom stereocenters. The van der Waals surface area contributed by atoms with E-state index in [0.29, 0.717) is 0 Å². The first-order chi connectivity index (χ1) is 9.47. The van der Waals surface area contributed by atoms with E-state index < -0.39 is 3.79 Å². The lowest BCUT2D eigenvalue weighted by atomic mass is 9.55. The largest absolute Gasteiger partial charge is 0.473 e. The van der Waals surface area contributed by atoms with Crippen LogP contribution in [0.15, 0.2) is 48.6 Å². The molecular weight excluding hydrogens is 317 g/mol. The lowest BCUT2D eigenvalue weighted by molar-refractivity contribution is 0.284. The lowest BCUT2D eigenvalue weighted by Gasteiger charge is -2.15. The van der Waals surface area contributed by atoms with E-state index in [2.05, 4.69) is 11.2 Å². The monoisotopic (exact) mass is 328 g/mol. The second-order valence-electron chi connectivity index (χ2n) is 4.25. The van der Waals surface area contributed by atoms with Crippen LogP contribution in [0.3, 0.4) is 0 Å². The van der Waals surface area contributed by atoms with Crippen LogP contribution >= 0.6 is 34.8 Å². The molecule has 1 aromatic carbocycles. The fraction of sp³-hybridized carbons (Fsp3) is 0.154. The Labute approximate surface area is 133 Å². The Morgan fingerprint density at radius 1 is 1.20 bits per heavy atom. The number of nitrogens with one attached hydrogen (secondary N) is 2. The number of hydrogen-bond donors (Lipinski definition) is 2. The Bertz CT molecular complexity index is 538. The van der Waals surface area contributed by atoms with Gasteiger partial charge in [0, 0.05) is 0 Å². The van der Waals surface area contributed by atoms with Crippen LogP contribution in [0.1, 0.15) is 5.56 Å². The summed E-state index contributed by atoms with van der Waals surface area (Å²) in [6.07, 6.45) is 5.85. The summed E-state index contributed by atoms with van der Waals surface area (Å²) < 4.78 is 3.31. The molecule has 0 spiro atoms. The topological polar surface area (TPSA) is 45.1 Å². The predicted octanol–water partition coefficient (Wildman–Crippen LogP) is 2.96. The standard InChI is InChI=1S/C13H12BCl3N2O/c15-13(16,17)12(18)20-9-10-3-5-11(6-4-10)14-7-1-2-8-19-14/h1-8,18-19H,9H2. The summed E-state index contributed by atoms with van der Waals surface area (Å²) >= 11 is 16.6. The zero-order chi connectivity index (χ0) is 14.6. The fourth-order valence-electron chi connectivity index (χ4n) is 1.71. The van der Waals surface area contributed by atoms with Gasteiger partial charge in [-0.2, -0.15) is 0 Å². The van der Waals surface area contributed by atoms with Gasteiger partial charge in [0.1, 0.15) is 6.61 Å². The van der Waals surface area contributed by atoms with Gasteiger partial charge in [-0.05, 0) is 17.8 Å². The van der Waals surface area contributed by atoms with Gasteiger partial charge < -0.3 is 9.96 Å². The van der Waals surface area contributed by atoms with E-state index in [1.807, 2.05) is 42.6 Å². The van der Waals surface area contributed by atoms with E-state index in [-0.39, 0.29) is 19.4 Å². The maximum atomic E-state index is 7.45. The van der Waals surface area contributed by atoms with E-state index in [9.17, 15) is 0 Å². The molecule has 20 heavy (non-hydrogen) atoms. The molecule has 0 unspecified atom stereocenters. The first-order valence-electron chi connectivity index (χ1n) is 5.93. The Morgan fingerprint density at radius 3 is 2.45 bits per heavy atom. The van der Waals surface area contributed by atoms with Gasteiger partial charge in [0.2, 0.25) is 5.90 Å². The number of allylic oxidation sites excluding steroid dienone is 2. The molecule has 0 aromatic heterocycles. The van der Waals surface area contributed by atoms with Gasteiger partial charge in [-0.3, -0.25) is 5.41 Å². The molecule has 0 saturated heterocycles. The second kappa shape index (κ2) is 6.57. The van der Waals surface area contributed by atoms with Crippen LogP contribution in [0.4, 0.5) is 0 Å². The Kier molecular flexibility index (Phi) is 5.03. The summed E-state index contributed by atoms with van der Waals surface area (Å²) in [5, 5.41) is 10.7. The minimum absolute atomic E-state index is 0.175. The average molecular weight is 329 g/mol. The lowest BCUT2D eigenvalue weighted by Crippen LogP contribution is -2.41. The van der Waals surface area contributed by atoms with Gasteiger partial charge >= 0.3 is 6.85 Å². The van der Waals surface area contributed by atoms with Gasteiger partial charge in [0.15, 0.2) is 0 Å². The molecule has 0 radical (unpaired) electrons. The Hall–Kier alpha value is -1.10. The van der Waals surface area contributed by atoms with Crippen LogP contribution in [0.5, 0.6) is 0 Å². The molecule has 1 heterocycles. The molecule has 0 bridgehead atoms. The number of ether oxygens (including phenoxy) is 1. The first kappa shape index (κ1) is 15.3. The van der Waals surface area contributed by atoms with Crippen molar-refractivity contribution < 1.29 is 4.74 Å². The molecule has 104 valence electrons. The highest BCUT2D eigenvalue weighted by Gasteiger charge is 2.28. The van der Waals surface area contributed by atoms with Crippen LogP contribution in [-0.4, -0.2) is 16.5 Å². The summed E-state index contributed by atoms with van der Waals surface area (Å²) in [7, 11) is 0. The van der Waals surface area contributed by atoms with E-state index >= 15 is 0 Å². The average Bonchev–Trinajstić information content (AvgIpc) is 2.45. The fourth-order valence-corrected chi connectivity index (χ4v) is 1.88. The van der Waals surface area contributed by atoms with Crippen LogP contribution < -0.4 is 10.7 Å². The van der Waals surface area contributed by atoms with Gasteiger partial charge in [-0.25, -0.2) is 0 Å². The molecule has 1 aromatic rings. The van der Waals surface area contributed by atoms with Crippen molar-refractivity contribution in [3.63, 3.8) is 0 Å². The summed E-state index contributed by atoms with van der Waals surface area (Å²) in [5.74, 6) is 1.69. The van der Waals surface area contributed by atoms with Gasteiger partial charge in [-0.1, -0.05) is 76.6 Å². The normalized spacial score (nSPS) is 14.1. The molecule has 0 saturated carbocycles. The highest BCUT2D eigenvalue weighted by molar-refractivity contribution is 6.76. The number of hydrogen-bond acceptors (Lipinski definition) is 3. The van der Waals surface area contributed by atoms with Crippen LogP contribution in [0, 0.1) is 5.41 Å². The second-order valence-corrected chi connectivity index (χ2v) is 6.53. The molecule has 3 nitrogen and oxygen atoms in total. The third-order valence-electron chi connectivity index (χ3n) is 2.77. The number of rotatable bonds is 3. The van der Waals surface area contributed by atoms with Crippen molar-refractivity contribution in [2.24, 2.45) is 0 Å². The summed E-state index contributed by atoms with van der Waals surface area (Å²) in [4.78, 5) is 0. The van der Waals surface area contributed by atoms with Crippen molar-refractivity contribution in [3.05, 3.63) is 54.2 Å². The van der Waals surface area contributed by atoms with Crippen LogP contribution in [-0.2, 0) is 11.3 Å². The minimum atomic E-state index is -1.82. The quantitative estimate of drug-likeness (QED) is 0.388. The predicted molar refractivity (Wildman–Crippen MR) is 86.1 cm³/mol. The zero-order valence-electron chi connectivity index (χ0n) is 10.4. The number of benzene rings is 1. The molecule has 0 amide bonds. The van der Waals surface area contributed by atoms with Crippen molar-refractivity contribution in [2.75, 3.05) is 0 Å². The van der Waals surface area contributed by atoms with E-state index in [1.54, 1.807) is 0 Å². The first-order valence-corrected chi connectivity index (χ1v) is 7.07. The molecule has 0 aliphatic carbocycles. The van der Waals surface area contributed by atoms with Gasteiger partial charge in [0.25, 0.3) is 3.79 Å². The van der Waals surface area contributed by atoms with E-state index in [4.69, 9.17) is 44.9 Å². The van der Waals surface area contributed by atoms with Gasteiger partial charge in [-0.15, -0.1) is 0 Å². The Balaban J connectivity index is 1.93. The summed E-state index contributed by atoms with van der Waals surface area (Å²) in [6, 6.07) is 7.85. The molecule has 1 aliphatic rings. The highest BCUT2D eigenvalue weighted by Crippen LogP contribution is 2.28. The molecule has 0 fully saturated rings. The number of halogens is 3. The molecule has 1 aliphatic heterocycles. The minimum Gasteiger partial charge on any atom is -0.473 e. The van der Waals surface area contributed by atoms with Crippen LogP contribution in [0.25, 0.3) is 0 Å². The van der Waals surface area contributed by atoms with Crippen molar-refractivity contribution in [2.45, 2.75) is 10.4 Å². The van der Waals surface area contributed by atoms with Crippen LogP contribution in [0.2, 0.25) is 0 Å². The third-order valence-corrected chi connectivity index (χ3v) is 3.28. The van der Waals surface area contributed by atoms with Crippen molar-refractivity contribution in [1.29, 1.82) is 5.41 Å². The molecule has 2 N–H and O–H groups in total. The molecule has 2 rings (SSSR count). The third kappa shape index (κ3) is 4.20. The maximum Gasteiger partial charge on any atom is 0.312 e. The maximum absolute atomic E-state index is 7.45. The van der Waals surface area contributed by atoms with Crippen molar-refractivity contribution in [1.82, 2.24) is 5.23 Å². The van der Waals surface area contributed by atoms with E-state index in [1.165, 1.54) is 0 Å². The smallest absolute Gasteiger partial charge is 0.312 e. The number of alkyl halides is 3.